The molecule has 3 aliphatic rings. The van der Waals surface area contributed by atoms with Gasteiger partial charge in [-0.25, -0.2) is 0 Å². The molecule has 0 radical (unpaired) electrons. The molecule has 0 saturated carbocycles. The first-order chi connectivity index (χ1) is 9.31. The molecule has 1 aromatic rings. The van der Waals surface area contributed by atoms with E-state index >= 15 is 0 Å². The van der Waals surface area contributed by atoms with Gasteiger partial charge in [0.15, 0.2) is 0 Å². The summed E-state index contributed by atoms with van der Waals surface area (Å²) in [5.74, 6) is 1.27. The van der Waals surface area contributed by atoms with Gasteiger partial charge in [0.25, 0.3) is 0 Å². The number of ether oxygens (including phenoxy) is 1. The SMILES string of the molecule is COc1ccc(/C=C2\C(=NO)C3CCN2CC3)cc1.Cl. The van der Waals surface area contributed by atoms with Crippen LogP contribution in [0.2, 0.25) is 0 Å². The van der Waals surface area contributed by atoms with E-state index < -0.39 is 0 Å². The van der Waals surface area contributed by atoms with E-state index in [0.717, 1.165) is 48.7 Å². The number of hydrogen-bond donors (Lipinski definition) is 1. The third-order valence-corrected chi connectivity index (χ3v) is 4.01. The fraction of sp³-hybridized carbons (Fsp3) is 0.400. The first kappa shape index (κ1) is 14.7. The van der Waals surface area contributed by atoms with Gasteiger partial charge in [-0.2, -0.15) is 0 Å². The Labute approximate surface area is 125 Å². The summed E-state index contributed by atoms with van der Waals surface area (Å²) in [5, 5.41) is 12.8. The zero-order valence-corrected chi connectivity index (χ0v) is 12.3. The highest BCUT2D eigenvalue weighted by Gasteiger charge is 2.35. The third kappa shape index (κ3) is 2.61. The molecule has 0 atom stereocenters. The standard InChI is InChI=1S/C15H18N2O2.ClH/c1-19-13-4-2-11(3-5-13)10-14-15(16-18)12-6-8-17(14)9-7-12;/h2-5,10,12,18H,6-9H2,1H3;1H/b14-10+,16-15?;. The second kappa shape index (κ2) is 6.18. The zero-order chi connectivity index (χ0) is 13.2. The number of allylic oxidation sites excluding steroid dienone is 1. The summed E-state index contributed by atoms with van der Waals surface area (Å²) >= 11 is 0. The molecule has 0 unspecified atom stereocenters. The Bertz CT molecular complexity index is 517. The summed E-state index contributed by atoms with van der Waals surface area (Å²) < 4.78 is 5.16. The lowest BCUT2D eigenvalue weighted by Gasteiger charge is -2.42. The zero-order valence-electron chi connectivity index (χ0n) is 11.5. The summed E-state index contributed by atoms with van der Waals surface area (Å²) in [6.07, 6.45) is 4.29. The molecule has 3 fully saturated rings. The maximum atomic E-state index is 9.24. The average Bonchev–Trinajstić information content (AvgIpc) is 2.49. The highest BCUT2D eigenvalue weighted by molar-refractivity contribution is 6.05. The molecular weight excluding hydrogens is 276 g/mol. The minimum Gasteiger partial charge on any atom is -0.497 e. The van der Waals surface area contributed by atoms with Crippen LogP contribution < -0.4 is 4.74 Å². The molecule has 3 heterocycles. The van der Waals surface area contributed by atoms with Gasteiger partial charge in [-0.15, -0.1) is 12.4 Å². The maximum absolute atomic E-state index is 9.24. The molecule has 3 saturated heterocycles. The topological polar surface area (TPSA) is 45.1 Å². The van der Waals surface area contributed by atoms with Gasteiger partial charge in [-0.05, 0) is 36.6 Å². The number of hydrogen-bond acceptors (Lipinski definition) is 4. The van der Waals surface area contributed by atoms with Gasteiger partial charge in [-0.1, -0.05) is 17.3 Å². The molecule has 0 aromatic heterocycles. The number of benzene rings is 1. The van der Waals surface area contributed by atoms with Crippen LogP contribution in [0.5, 0.6) is 5.75 Å². The van der Waals surface area contributed by atoms with Crippen molar-refractivity contribution in [2.45, 2.75) is 12.8 Å². The molecule has 2 bridgehead atoms. The van der Waals surface area contributed by atoms with Crippen LogP contribution >= 0.6 is 12.4 Å². The Morgan fingerprint density at radius 1 is 1.25 bits per heavy atom. The number of methoxy groups -OCH3 is 1. The van der Waals surface area contributed by atoms with Crippen molar-refractivity contribution >= 4 is 24.2 Å². The molecule has 1 N–H and O–H groups in total. The van der Waals surface area contributed by atoms with E-state index in [-0.39, 0.29) is 12.4 Å². The molecule has 20 heavy (non-hydrogen) atoms. The number of nitrogens with zero attached hydrogens (tertiary/aromatic N) is 2. The molecule has 108 valence electrons. The van der Waals surface area contributed by atoms with Gasteiger partial charge in [-0.3, -0.25) is 0 Å². The van der Waals surface area contributed by atoms with E-state index in [0.29, 0.717) is 5.92 Å². The molecule has 5 heteroatoms. The highest BCUT2D eigenvalue weighted by Crippen LogP contribution is 2.33. The maximum Gasteiger partial charge on any atom is 0.118 e. The molecule has 1 aromatic carbocycles. The number of piperidine rings is 3. The van der Waals surface area contributed by atoms with Crippen molar-refractivity contribution in [1.29, 1.82) is 0 Å². The Morgan fingerprint density at radius 2 is 1.90 bits per heavy atom. The third-order valence-electron chi connectivity index (χ3n) is 4.01. The monoisotopic (exact) mass is 294 g/mol. The first-order valence-electron chi connectivity index (χ1n) is 6.65. The molecule has 0 spiro atoms. The number of rotatable bonds is 2. The predicted molar refractivity (Wildman–Crippen MR) is 81.7 cm³/mol. The van der Waals surface area contributed by atoms with Crippen molar-refractivity contribution in [2.75, 3.05) is 20.2 Å². The van der Waals surface area contributed by atoms with Crippen molar-refractivity contribution < 1.29 is 9.94 Å². The van der Waals surface area contributed by atoms with Crippen LogP contribution in [-0.2, 0) is 0 Å². The van der Waals surface area contributed by atoms with Crippen LogP contribution in [0.3, 0.4) is 0 Å². The van der Waals surface area contributed by atoms with E-state index in [2.05, 4.69) is 16.1 Å². The largest absolute Gasteiger partial charge is 0.497 e. The highest BCUT2D eigenvalue weighted by atomic mass is 35.5. The molecule has 0 amide bonds. The number of oxime groups is 1. The van der Waals surface area contributed by atoms with Crippen molar-refractivity contribution in [1.82, 2.24) is 4.90 Å². The summed E-state index contributed by atoms with van der Waals surface area (Å²) in [6, 6.07) is 7.92. The van der Waals surface area contributed by atoms with Crippen LogP contribution in [0.15, 0.2) is 35.1 Å². The van der Waals surface area contributed by atoms with Crippen molar-refractivity contribution in [3.63, 3.8) is 0 Å². The van der Waals surface area contributed by atoms with Crippen molar-refractivity contribution in [3.8, 4) is 5.75 Å². The second-order valence-corrected chi connectivity index (χ2v) is 5.05. The number of fused-ring (bicyclic) bond motifs is 3. The Morgan fingerprint density at radius 3 is 2.45 bits per heavy atom. The average molecular weight is 295 g/mol. The Balaban J connectivity index is 0.00000147. The second-order valence-electron chi connectivity index (χ2n) is 5.05. The van der Waals surface area contributed by atoms with Crippen LogP contribution in [0.1, 0.15) is 18.4 Å². The summed E-state index contributed by atoms with van der Waals surface area (Å²) in [4.78, 5) is 2.30. The van der Waals surface area contributed by atoms with E-state index in [4.69, 9.17) is 4.74 Å². The summed E-state index contributed by atoms with van der Waals surface area (Å²) in [6.45, 7) is 2.12. The molecule has 4 rings (SSSR count). The van der Waals surface area contributed by atoms with Crippen molar-refractivity contribution in [2.24, 2.45) is 11.1 Å². The normalized spacial score (nSPS) is 22.1. The Hall–Kier alpha value is -1.68. The summed E-state index contributed by atoms with van der Waals surface area (Å²) in [5.41, 5.74) is 3.01. The van der Waals surface area contributed by atoms with Crippen LogP contribution in [-0.4, -0.2) is 36.0 Å². The molecule has 0 aliphatic carbocycles. The first-order valence-corrected chi connectivity index (χ1v) is 6.65. The van der Waals surface area contributed by atoms with Crippen LogP contribution in [0.25, 0.3) is 6.08 Å². The van der Waals surface area contributed by atoms with E-state index in [1.54, 1.807) is 7.11 Å². The van der Waals surface area contributed by atoms with Gasteiger partial charge in [0.1, 0.15) is 11.5 Å². The van der Waals surface area contributed by atoms with E-state index in [1.807, 2.05) is 24.3 Å². The van der Waals surface area contributed by atoms with Gasteiger partial charge in [0.2, 0.25) is 0 Å². The fourth-order valence-electron chi connectivity index (χ4n) is 2.92. The van der Waals surface area contributed by atoms with E-state index in [9.17, 15) is 5.21 Å². The predicted octanol–water partition coefficient (Wildman–Crippen LogP) is 3.01. The van der Waals surface area contributed by atoms with Gasteiger partial charge < -0.3 is 14.8 Å². The van der Waals surface area contributed by atoms with Crippen LogP contribution in [0.4, 0.5) is 0 Å². The molecule has 3 aliphatic heterocycles. The lowest BCUT2D eigenvalue weighted by atomic mass is 9.83. The quantitative estimate of drug-likeness (QED) is 0.674. The lowest BCUT2D eigenvalue weighted by molar-refractivity contribution is 0.229. The lowest BCUT2D eigenvalue weighted by Crippen LogP contribution is -2.46. The van der Waals surface area contributed by atoms with Gasteiger partial charge in [0.05, 0.1) is 12.8 Å². The van der Waals surface area contributed by atoms with Gasteiger partial charge in [0, 0.05) is 19.0 Å². The summed E-state index contributed by atoms with van der Waals surface area (Å²) in [7, 11) is 1.66. The van der Waals surface area contributed by atoms with Gasteiger partial charge >= 0.3 is 0 Å². The smallest absolute Gasteiger partial charge is 0.118 e. The van der Waals surface area contributed by atoms with E-state index in [1.165, 1.54) is 0 Å². The minimum absolute atomic E-state index is 0. The molecule has 4 nitrogen and oxygen atoms in total. The number of halogens is 1. The molecular formula is C15H19ClN2O2. The fourth-order valence-corrected chi connectivity index (χ4v) is 2.92. The minimum atomic E-state index is 0. The van der Waals surface area contributed by atoms with Crippen molar-refractivity contribution in [3.05, 3.63) is 35.5 Å². The van der Waals surface area contributed by atoms with Crippen LogP contribution in [0, 0.1) is 5.92 Å². The Kier molecular flexibility index (Phi) is 4.55.